The number of furan rings is 2. The highest BCUT2D eigenvalue weighted by molar-refractivity contribution is 6.13. The smallest absolute Gasteiger partial charge is 0.164 e. The van der Waals surface area contributed by atoms with Gasteiger partial charge in [0.1, 0.15) is 22.3 Å². The molecule has 0 aliphatic heterocycles. The third kappa shape index (κ3) is 6.33. The summed E-state index contributed by atoms with van der Waals surface area (Å²) in [4.78, 5) is 15.4. The monoisotopic (exact) mass is 697 g/mol. The summed E-state index contributed by atoms with van der Waals surface area (Å²) in [5.74, 6) is 1.78. The first-order chi connectivity index (χ1) is 26.6. The van der Waals surface area contributed by atoms with Gasteiger partial charge in [-0.15, -0.1) is 0 Å². The van der Waals surface area contributed by atoms with Crippen LogP contribution in [0, 0.1) is 0 Å². The molecule has 0 amide bonds. The molecule has 258 valence electrons. The summed E-state index contributed by atoms with van der Waals surface area (Å²) in [6.07, 6.45) is 13.0. The molecule has 0 spiro atoms. The van der Waals surface area contributed by atoms with E-state index in [0.717, 1.165) is 83.7 Å². The van der Waals surface area contributed by atoms with Crippen molar-refractivity contribution >= 4 is 43.9 Å². The first-order valence-electron chi connectivity index (χ1n) is 18.0. The number of aromatic nitrogens is 3. The Kier molecular flexibility index (Phi) is 8.58. The predicted molar refractivity (Wildman–Crippen MR) is 222 cm³/mol. The highest BCUT2D eigenvalue weighted by Crippen LogP contribution is 2.41. The normalized spacial score (nSPS) is 12.1. The summed E-state index contributed by atoms with van der Waals surface area (Å²) in [7, 11) is 0. The lowest BCUT2D eigenvalue weighted by molar-refractivity contribution is 0.669. The van der Waals surface area contributed by atoms with E-state index in [4.69, 9.17) is 23.8 Å². The van der Waals surface area contributed by atoms with Gasteiger partial charge < -0.3 is 8.83 Å². The number of benzene rings is 6. The maximum absolute atomic E-state index is 6.53. The number of rotatable bonds is 9. The summed E-state index contributed by atoms with van der Waals surface area (Å²) < 4.78 is 12.7. The Morgan fingerprint density at radius 1 is 0.537 bits per heavy atom. The molecule has 9 rings (SSSR count). The van der Waals surface area contributed by atoms with Gasteiger partial charge in [0, 0.05) is 38.2 Å². The van der Waals surface area contributed by atoms with Crippen LogP contribution in [0.4, 0.5) is 0 Å². The molecule has 0 aliphatic rings. The molecule has 0 atom stereocenters. The van der Waals surface area contributed by atoms with Crippen molar-refractivity contribution in [3.8, 4) is 45.3 Å². The zero-order chi connectivity index (χ0) is 36.4. The van der Waals surface area contributed by atoms with E-state index in [0.29, 0.717) is 17.5 Å². The molecule has 0 bridgehead atoms. The SMILES string of the molecule is C=C(/C=C\C)/C=C\C=C/Cc1ccc(-c2nc(-c3ccccc3)nc(-c3cc(-c4ccc5oc6ccccc6c5c4)cc4oc5ccccc5c34)n2)cc1. The molecule has 3 aromatic heterocycles. The number of hydrogen-bond acceptors (Lipinski definition) is 5. The quantitative estimate of drug-likeness (QED) is 0.140. The van der Waals surface area contributed by atoms with Crippen LogP contribution in [-0.4, -0.2) is 15.0 Å². The van der Waals surface area contributed by atoms with Crippen LogP contribution in [0.15, 0.2) is 191 Å². The van der Waals surface area contributed by atoms with Gasteiger partial charge in [0.15, 0.2) is 17.5 Å². The summed E-state index contributed by atoms with van der Waals surface area (Å²) in [5, 5.41) is 4.12. The molecule has 6 aromatic carbocycles. The van der Waals surface area contributed by atoms with Crippen LogP contribution in [0.5, 0.6) is 0 Å². The van der Waals surface area contributed by atoms with E-state index in [1.807, 2.05) is 104 Å². The van der Waals surface area contributed by atoms with Crippen molar-refractivity contribution in [2.24, 2.45) is 0 Å². The van der Waals surface area contributed by atoms with Gasteiger partial charge in [0.2, 0.25) is 0 Å². The second kappa shape index (κ2) is 14.1. The molecule has 5 nitrogen and oxygen atoms in total. The molecule has 0 N–H and O–H groups in total. The minimum absolute atomic E-state index is 0.574. The van der Waals surface area contributed by atoms with Crippen LogP contribution in [0.2, 0.25) is 0 Å². The lowest BCUT2D eigenvalue weighted by Crippen LogP contribution is -2.01. The van der Waals surface area contributed by atoms with Crippen molar-refractivity contribution in [3.05, 3.63) is 188 Å². The summed E-state index contributed by atoms with van der Waals surface area (Å²) >= 11 is 0. The molecule has 3 heterocycles. The van der Waals surface area contributed by atoms with E-state index in [-0.39, 0.29) is 0 Å². The fraction of sp³-hybridized carbons (Fsp3) is 0.0408. The Morgan fingerprint density at radius 3 is 1.94 bits per heavy atom. The number of fused-ring (bicyclic) bond motifs is 6. The molecule has 0 fully saturated rings. The molecule has 54 heavy (non-hydrogen) atoms. The standard InChI is InChI=1S/C49H35N3O2/c1-3-14-32(2)15-6-4-7-16-33-23-25-35(26-24-33)48-50-47(34-17-8-5-9-18-34)51-49(52-48)41-30-37(31-45-46(41)39-20-11-13-22-43(39)54-45)36-27-28-44-40(29-36)38-19-10-12-21-42(38)53-44/h3-15,17-31H,2,16H2,1H3/b7-4-,14-3-,15-6-. The van der Waals surface area contributed by atoms with Gasteiger partial charge in [0.05, 0.1) is 0 Å². The van der Waals surface area contributed by atoms with Gasteiger partial charge in [-0.1, -0.05) is 140 Å². The molecule has 0 radical (unpaired) electrons. The average molecular weight is 698 g/mol. The number of allylic oxidation sites excluding steroid dienone is 7. The molecule has 0 saturated heterocycles. The maximum Gasteiger partial charge on any atom is 0.164 e. The van der Waals surface area contributed by atoms with Gasteiger partial charge in [-0.2, -0.15) is 0 Å². The van der Waals surface area contributed by atoms with Gasteiger partial charge in [-0.25, -0.2) is 15.0 Å². The second-order valence-corrected chi connectivity index (χ2v) is 13.2. The van der Waals surface area contributed by atoms with Gasteiger partial charge in [0.25, 0.3) is 0 Å². The largest absolute Gasteiger partial charge is 0.456 e. The topological polar surface area (TPSA) is 65.0 Å². The van der Waals surface area contributed by atoms with E-state index < -0.39 is 0 Å². The Hall–Kier alpha value is -7.11. The van der Waals surface area contributed by atoms with Crippen molar-refractivity contribution in [1.82, 2.24) is 15.0 Å². The van der Waals surface area contributed by atoms with Crippen LogP contribution >= 0.6 is 0 Å². The predicted octanol–water partition coefficient (Wildman–Crippen LogP) is 13.1. The van der Waals surface area contributed by atoms with E-state index >= 15 is 0 Å². The van der Waals surface area contributed by atoms with Crippen molar-refractivity contribution in [1.29, 1.82) is 0 Å². The third-order valence-electron chi connectivity index (χ3n) is 9.60. The van der Waals surface area contributed by atoms with Gasteiger partial charge >= 0.3 is 0 Å². The van der Waals surface area contributed by atoms with Crippen LogP contribution in [0.3, 0.4) is 0 Å². The number of para-hydroxylation sites is 2. The first kappa shape index (κ1) is 32.8. The fourth-order valence-corrected chi connectivity index (χ4v) is 6.97. The Balaban J connectivity index is 1.17. The summed E-state index contributed by atoms with van der Waals surface area (Å²) in [6.45, 7) is 6.01. The summed E-state index contributed by atoms with van der Waals surface area (Å²) in [5.41, 5.74) is 10.2. The average Bonchev–Trinajstić information content (AvgIpc) is 3.79. The van der Waals surface area contributed by atoms with Gasteiger partial charge in [-0.05, 0) is 72.0 Å². The molecular weight excluding hydrogens is 663 g/mol. The Labute approximate surface area is 313 Å². The lowest BCUT2D eigenvalue weighted by Gasteiger charge is -2.11. The molecular formula is C49H35N3O2. The van der Waals surface area contributed by atoms with E-state index in [9.17, 15) is 0 Å². The molecule has 0 saturated carbocycles. The van der Waals surface area contributed by atoms with Crippen molar-refractivity contribution in [2.75, 3.05) is 0 Å². The Morgan fingerprint density at radius 2 is 1.17 bits per heavy atom. The van der Waals surface area contributed by atoms with E-state index in [1.165, 1.54) is 5.56 Å². The Bertz CT molecular complexity index is 2930. The molecule has 5 heteroatoms. The number of hydrogen-bond donors (Lipinski definition) is 0. The maximum atomic E-state index is 6.53. The zero-order valence-electron chi connectivity index (χ0n) is 29.7. The summed E-state index contributed by atoms with van der Waals surface area (Å²) in [6, 6.07) is 45.4. The van der Waals surface area contributed by atoms with Crippen molar-refractivity contribution < 1.29 is 8.83 Å². The van der Waals surface area contributed by atoms with Crippen LogP contribution in [-0.2, 0) is 6.42 Å². The van der Waals surface area contributed by atoms with Crippen molar-refractivity contribution in [3.63, 3.8) is 0 Å². The van der Waals surface area contributed by atoms with Gasteiger partial charge in [-0.3, -0.25) is 0 Å². The molecule has 9 aromatic rings. The van der Waals surface area contributed by atoms with E-state index in [1.54, 1.807) is 0 Å². The molecule has 0 unspecified atom stereocenters. The third-order valence-corrected chi connectivity index (χ3v) is 9.60. The number of nitrogens with zero attached hydrogens (tertiary/aromatic N) is 3. The van der Waals surface area contributed by atoms with Crippen LogP contribution < -0.4 is 0 Å². The fourth-order valence-electron chi connectivity index (χ4n) is 6.97. The van der Waals surface area contributed by atoms with E-state index in [2.05, 4.69) is 79.4 Å². The highest BCUT2D eigenvalue weighted by Gasteiger charge is 2.20. The second-order valence-electron chi connectivity index (χ2n) is 13.2. The first-order valence-corrected chi connectivity index (χ1v) is 18.0. The zero-order valence-corrected chi connectivity index (χ0v) is 29.7. The minimum Gasteiger partial charge on any atom is -0.456 e. The minimum atomic E-state index is 0.574. The van der Waals surface area contributed by atoms with Crippen LogP contribution in [0.25, 0.3) is 89.2 Å². The lowest BCUT2D eigenvalue weighted by atomic mass is 9.97. The molecule has 0 aliphatic carbocycles. The van der Waals surface area contributed by atoms with Crippen molar-refractivity contribution in [2.45, 2.75) is 13.3 Å². The highest BCUT2D eigenvalue weighted by atomic mass is 16.3. The van der Waals surface area contributed by atoms with Crippen LogP contribution in [0.1, 0.15) is 12.5 Å².